The molecular formula is C30H32N2O2. The minimum atomic E-state index is -0.380. The Kier molecular flexibility index (Phi) is 5.80. The Morgan fingerprint density at radius 1 is 0.941 bits per heavy atom. The van der Waals surface area contributed by atoms with E-state index in [-0.39, 0.29) is 11.2 Å². The molecule has 2 aromatic heterocycles. The van der Waals surface area contributed by atoms with Crippen LogP contribution in [0.1, 0.15) is 60.2 Å². The van der Waals surface area contributed by atoms with Crippen LogP contribution < -0.4 is 0 Å². The summed E-state index contributed by atoms with van der Waals surface area (Å²) < 4.78 is 12.4. The predicted octanol–water partition coefficient (Wildman–Crippen LogP) is 6.01. The average Bonchev–Trinajstić information content (AvgIpc) is 3.28. The lowest BCUT2D eigenvalue weighted by Gasteiger charge is -2.49. The molecule has 6 rings (SSSR count). The van der Waals surface area contributed by atoms with Gasteiger partial charge in [0.15, 0.2) is 5.79 Å². The van der Waals surface area contributed by atoms with Crippen molar-refractivity contribution in [2.24, 2.45) is 5.92 Å². The van der Waals surface area contributed by atoms with Gasteiger partial charge in [-0.3, -0.25) is 9.97 Å². The van der Waals surface area contributed by atoms with E-state index in [0.717, 1.165) is 56.7 Å². The highest BCUT2D eigenvalue weighted by Gasteiger charge is 2.53. The third kappa shape index (κ3) is 4.10. The average molecular weight is 453 g/mol. The Hall–Kier alpha value is -2.82. The summed E-state index contributed by atoms with van der Waals surface area (Å²) in [5.41, 5.74) is 6.28. The zero-order valence-corrected chi connectivity index (χ0v) is 19.7. The largest absolute Gasteiger partial charge is 0.348 e. The first-order valence-electron chi connectivity index (χ1n) is 12.7. The van der Waals surface area contributed by atoms with Gasteiger partial charge in [-0.15, -0.1) is 0 Å². The number of nitrogens with zero attached hydrogens (tertiary/aromatic N) is 2. The van der Waals surface area contributed by atoms with Crippen molar-refractivity contribution in [1.29, 1.82) is 0 Å². The molecule has 1 saturated carbocycles. The third-order valence-electron chi connectivity index (χ3n) is 8.12. The lowest BCUT2D eigenvalue weighted by Crippen LogP contribution is -2.49. The number of fused-ring (bicyclic) bond motifs is 3. The van der Waals surface area contributed by atoms with Crippen molar-refractivity contribution in [2.45, 2.75) is 56.1 Å². The fourth-order valence-electron chi connectivity index (χ4n) is 6.48. The summed E-state index contributed by atoms with van der Waals surface area (Å²) in [4.78, 5) is 9.68. The molecule has 3 aliphatic rings. The zero-order valence-electron chi connectivity index (χ0n) is 19.7. The Labute approximate surface area is 202 Å². The van der Waals surface area contributed by atoms with Crippen molar-refractivity contribution in [1.82, 2.24) is 9.97 Å². The molecule has 1 aromatic carbocycles. The first-order chi connectivity index (χ1) is 16.7. The Balaban J connectivity index is 1.38. The topological polar surface area (TPSA) is 44.2 Å². The molecule has 3 aromatic rings. The number of hydrogen-bond acceptors (Lipinski definition) is 4. The minimum absolute atomic E-state index is 0.0232. The van der Waals surface area contributed by atoms with Crippen LogP contribution in [0.25, 0.3) is 12.2 Å². The smallest absolute Gasteiger partial charge is 0.168 e. The first kappa shape index (κ1) is 21.7. The van der Waals surface area contributed by atoms with Crippen molar-refractivity contribution in [3.8, 4) is 0 Å². The number of benzene rings is 1. The van der Waals surface area contributed by atoms with E-state index in [1.54, 1.807) is 0 Å². The van der Waals surface area contributed by atoms with Gasteiger partial charge in [0.1, 0.15) is 0 Å². The Morgan fingerprint density at radius 3 is 2.62 bits per heavy atom. The molecule has 2 aliphatic carbocycles. The van der Waals surface area contributed by atoms with E-state index in [2.05, 4.69) is 60.8 Å². The number of aromatic nitrogens is 2. The highest BCUT2D eigenvalue weighted by atomic mass is 16.7. The van der Waals surface area contributed by atoms with Crippen LogP contribution in [0.4, 0.5) is 0 Å². The van der Waals surface area contributed by atoms with Crippen LogP contribution >= 0.6 is 0 Å². The van der Waals surface area contributed by atoms with Gasteiger partial charge in [-0.05, 0) is 79.0 Å². The highest BCUT2D eigenvalue weighted by molar-refractivity contribution is 5.68. The van der Waals surface area contributed by atoms with Crippen LogP contribution in [0.3, 0.4) is 0 Å². The summed E-state index contributed by atoms with van der Waals surface area (Å²) in [6.07, 6.45) is 15.7. The Morgan fingerprint density at radius 2 is 1.79 bits per heavy atom. The lowest BCUT2D eigenvalue weighted by atomic mass is 9.58. The molecule has 0 unspecified atom stereocenters. The number of rotatable bonds is 4. The van der Waals surface area contributed by atoms with Crippen LogP contribution in [0, 0.1) is 5.92 Å². The number of ether oxygens (including phenoxy) is 2. The second kappa shape index (κ2) is 9.09. The van der Waals surface area contributed by atoms with E-state index in [9.17, 15) is 0 Å². The van der Waals surface area contributed by atoms with Gasteiger partial charge in [0, 0.05) is 36.3 Å². The normalized spacial score (nSPS) is 25.7. The van der Waals surface area contributed by atoms with Crippen molar-refractivity contribution >= 4 is 12.2 Å². The molecule has 1 aliphatic heterocycles. The van der Waals surface area contributed by atoms with Gasteiger partial charge in [0.25, 0.3) is 0 Å². The molecule has 1 saturated heterocycles. The molecule has 174 valence electrons. The quantitative estimate of drug-likeness (QED) is 0.486. The van der Waals surface area contributed by atoms with Gasteiger partial charge in [0.05, 0.1) is 18.9 Å². The van der Waals surface area contributed by atoms with Gasteiger partial charge >= 0.3 is 0 Å². The van der Waals surface area contributed by atoms with Gasteiger partial charge in [-0.25, -0.2) is 0 Å². The summed E-state index contributed by atoms with van der Waals surface area (Å²) in [6, 6.07) is 19.0. The van der Waals surface area contributed by atoms with Gasteiger partial charge < -0.3 is 9.47 Å². The van der Waals surface area contributed by atoms with Gasteiger partial charge in [-0.1, -0.05) is 42.5 Å². The van der Waals surface area contributed by atoms with Crippen molar-refractivity contribution < 1.29 is 9.47 Å². The fraction of sp³-hybridized carbons (Fsp3) is 0.400. The van der Waals surface area contributed by atoms with Crippen LogP contribution in [0.2, 0.25) is 0 Å². The SMILES string of the molecule is C(=Cc1cc2c(cn1)[C@]1(Cc3ccccn3)CCC3(C[C@H]1CCC2)OCCO3)c1ccccc1. The predicted molar refractivity (Wildman–Crippen MR) is 134 cm³/mol. The van der Waals surface area contributed by atoms with E-state index in [4.69, 9.17) is 19.4 Å². The fourth-order valence-corrected chi connectivity index (χ4v) is 6.48. The van der Waals surface area contributed by atoms with E-state index in [0.29, 0.717) is 5.92 Å². The number of hydrogen-bond donors (Lipinski definition) is 0. The van der Waals surface area contributed by atoms with Crippen LogP contribution in [0.15, 0.2) is 67.0 Å². The summed E-state index contributed by atoms with van der Waals surface area (Å²) >= 11 is 0. The molecule has 1 spiro atoms. The van der Waals surface area contributed by atoms with Crippen molar-refractivity contribution in [3.63, 3.8) is 0 Å². The lowest BCUT2D eigenvalue weighted by molar-refractivity contribution is -0.199. The monoisotopic (exact) mass is 452 g/mol. The molecule has 2 atom stereocenters. The molecule has 2 fully saturated rings. The van der Waals surface area contributed by atoms with E-state index in [1.165, 1.54) is 29.5 Å². The summed E-state index contributed by atoms with van der Waals surface area (Å²) in [5.74, 6) is 0.115. The second-order valence-electron chi connectivity index (χ2n) is 10.1. The standard InChI is InChI=1S/C30H32N2O2/c1-2-7-23(8-3-1)12-13-26-19-24-9-6-10-25-20-30(33-17-18-34-30)15-14-29(25,28(24)22-32-26)21-27-11-4-5-16-31-27/h1-5,7-8,11-13,16,19,22,25H,6,9-10,14-15,17-18,20-21H2/t25-,29+/m1/s1. The maximum Gasteiger partial charge on any atom is 0.168 e. The molecule has 34 heavy (non-hydrogen) atoms. The third-order valence-corrected chi connectivity index (χ3v) is 8.12. The molecular weight excluding hydrogens is 420 g/mol. The first-order valence-corrected chi connectivity index (χ1v) is 12.7. The number of aryl methyl sites for hydroxylation is 1. The molecule has 3 heterocycles. The minimum Gasteiger partial charge on any atom is -0.348 e. The van der Waals surface area contributed by atoms with Crippen LogP contribution in [-0.2, 0) is 27.7 Å². The van der Waals surface area contributed by atoms with Crippen molar-refractivity contribution in [3.05, 3.63) is 95.1 Å². The maximum absolute atomic E-state index is 6.18. The van der Waals surface area contributed by atoms with E-state index < -0.39 is 0 Å². The van der Waals surface area contributed by atoms with Gasteiger partial charge in [-0.2, -0.15) is 0 Å². The summed E-state index contributed by atoms with van der Waals surface area (Å²) in [7, 11) is 0. The molecule has 0 radical (unpaired) electrons. The molecule has 0 N–H and O–H groups in total. The Bertz CT molecular complexity index is 1150. The summed E-state index contributed by atoms with van der Waals surface area (Å²) in [5, 5.41) is 0. The van der Waals surface area contributed by atoms with Gasteiger partial charge in [0.2, 0.25) is 0 Å². The molecule has 0 bridgehead atoms. The number of pyridine rings is 2. The summed E-state index contributed by atoms with van der Waals surface area (Å²) in [6.45, 7) is 1.43. The molecule has 4 heteroatoms. The zero-order chi connectivity index (χ0) is 22.8. The van der Waals surface area contributed by atoms with E-state index in [1.807, 2.05) is 18.3 Å². The van der Waals surface area contributed by atoms with Crippen LogP contribution in [-0.4, -0.2) is 29.0 Å². The maximum atomic E-state index is 6.18. The molecule has 4 nitrogen and oxygen atoms in total. The van der Waals surface area contributed by atoms with E-state index >= 15 is 0 Å². The van der Waals surface area contributed by atoms with Crippen LogP contribution in [0.5, 0.6) is 0 Å². The second-order valence-corrected chi connectivity index (χ2v) is 10.1. The van der Waals surface area contributed by atoms with Crippen molar-refractivity contribution in [2.75, 3.05) is 13.2 Å². The molecule has 0 amide bonds. The highest BCUT2D eigenvalue weighted by Crippen LogP contribution is 2.55.